The molecule has 2 rings (SSSR count). The molecule has 2 fully saturated rings. The molecule has 1 aliphatic heterocycles. The molecule has 4 heteroatoms. The van der Waals surface area contributed by atoms with Crippen LogP contribution in [0.25, 0.3) is 0 Å². The third kappa shape index (κ3) is 2.40. The van der Waals surface area contributed by atoms with E-state index in [9.17, 15) is 9.90 Å². The Morgan fingerprint density at radius 1 is 1.47 bits per heavy atom. The monoisotopic (exact) mass is 239 g/mol. The molecular formula is C13H21NO3. The Labute approximate surface area is 102 Å². The summed E-state index contributed by atoms with van der Waals surface area (Å²) in [6.45, 7) is 10.4. The summed E-state index contributed by atoms with van der Waals surface area (Å²) in [7, 11) is 0. The van der Waals surface area contributed by atoms with Crippen molar-refractivity contribution in [3.63, 3.8) is 0 Å². The predicted octanol–water partition coefficient (Wildman–Crippen LogP) is 2.71. The van der Waals surface area contributed by atoms with Gasteiger partial charge in [-0.1, -0.05) is 6.58 Å². The number of aliphatic hydroxyl groups excluding tert-OH is 1. The second-order valence-corrected chi connectivity index (χ2v) is 6.27. The maximum Gasteiger partial charge on any atom is 0.410 e. The van der Waals surface area contributed by atoms with Crippen molar-refractivity contribution >= 4 is 6.09 Å². The van der Waals surface area contributed by atoms with Crippen LogP contribution in [-0.4, -0.2) is 34.8 Å². The number of hydrogen-bond acceptors (Lipinski definition) is 3. The zero-order valence-corrected chi connectivity index (χ0v) is 10.8. The van der Waals surface area contributed by atoms with Crippen LogP contribution >= 0.6 is 0 Å². The maximum absolute atomic E-state index is 11.9. The minimum absolute atomic E-state index is 0.0232. The molecule has 0 bridgehead atoms. The minimum atomic E-state index is -0.470. The summed E-state index contributed by atoms with van der Waals surface area (Å²) >= 11 is 0. The van der Waals surface area contributed by atoms with E-state index in [1.165, 1.54) is 0 Å². The number of carbonyl (C=O) groups is 1. The summed E-state index contributed by atoms with van der Waals surface area (Å²) in [4.78, 5) is 13.6. The minimum Gasteiger partial charge on any atom is -0.513 e. The van der Waals surface area contributed by atoms with E-state index in [0.29, 0.717) is 13.1 Å². The quantitative estimate of drug-likeness (QED) is 0.716. The second kappa shape index (κ2) is 3.65. The van der Waals surface area contributed by atoms with Gasteiger partial charge in [-0.25, -0.2) is 4.79 Å². The Morgan fingerprint density at radius 2 is 2.06 bits per heavy atom. The summed E-state index contributed by atoms with van der Waals surface area (Å²) in [5.74, 6) is 0.226. The molecule has 1 heterocycles. The van der Waals surface area contributed by atoms with Crippen molar-refractivity contribution < 1.29 is 14.6 Å². The molecule has 1 amide bonds. The van der Waals surface area contributed by atoms with Gasteiger partial charge in [-0.2, -0.15) is 0 Å². The predicted molar refractivity (Wildman–Crippen MR) is 64.7 cm³/mol. The van der Waals surface area contributed by atoms with E-state index < -0.39 is 5.60 Å². The molecule has 1 saturated carbocycles. The molecular weight excluding hydrogens is 218 g/mol. The van der Waals surface area contributed by atoms with Crippen molar-refractivity contribution in [2.24, 2.45) is 11.3 Å². The van der Waals surface area contributed by atoms with Gasteiger partial charge in [0.15, 0.2) is 0 Å². The lowest BCUT2D eigenvalue weighted by Gasteiger charge is -2.24. The summed E-state index contributed by atoms with van der Waals surface area (Å²) in [6.07, 6.45) is 1.85. The average molecular weight is 239 g/mol. The smallest absolute Gasteiger partial charge is 0.410 e. The van der Waals surface area contributed by atoms with Gasteiger partial charge in [0.2, 0.25) is 0 Å². The molecule has 1 atom stereocenters. The molecule has 0 aromatic heterocycles. The number of likely N-dealkylation sites (tertiary alicyclic amines) is 1. The summed E-state index contributed by atoms with van der Waals surface area (Å²) < 4.78 is 5.35. The molecule has 0 unspecified atom stereocenters. The van der Waals surface area contributed by atoms with Crippen molar-refractivity contribution in [2.75, 3.05) is 13.1 Å². The lowest BCUT2D eigenvalue weighted by atomic mass is 9.92. The summed E-state index contributed by atoms with van der Waals surface area (Å²) in [6, 6.07) is 0. The molecule has 0 aromatic rings. The molecule has 1 aliphatic carbocycles. The number of carbonyl (C=O) groups excluding carboxylic acids is 1. The first-order chi connectivity index (χ1) is 7.73. The van der Waals surface area contributed by atoms with Gasteiger partial charge >= 0.3 is 6.09 Å². The maximum atomic E-state index is 11.9. The lowest BCUT2D eigenvalue weighted by Crippen LogP contribution is -2.35. The van der Waals surface area contributed by atoms with Gasteiger partial charge in [-0.15, -0.1) is 0 Å². The van der Waals surface area contributed by atoms with E-state index in [1.54, 1.807) is 4.90 Å². The van der Waals surface area contributed by atoms with Crippen LogP contribution in [0, 0.1) is 11.3 Å². The Hall–Kier alpha value is -1.19. The van der Waals surface area contributed by atoms with Crippen LogP contribution in [0.1, 0.15) is 33.6 Å². The molecule has 1 spiro atoms. The van der Waals surface area contributed by atoms with E-state index >= 15 is 0 Å². The normalized spacial score (nSPS) is 26.1. The first-order valence-electron chi connectivity index (χ1n) is 6.09. The third-order valence-electron chi connectivity index (χ3n) is 3.59. The number of amides is 1. The zero-order valence-electron chi connectivity index (χ0n) is 10.8. The van der Waals surface area contributed by atoms with Crippen LogP contribution in [0.3, 0.4) is 0 Å². The van der Waals surface area contributed by atoms with Crippen LogP contribution in [-0.2, 0) is 4.74 Å². The summed E-state index contributed by atoms with van der Waals surface area (Å²) in [5.41, 5.74) is -0.384. The molecule has 1 saturated heterocycles. The van der Waals surface area contributed by atoms with Gasteiger partial charge in [0.05, 0.1) is 5.76 Å². The van der Waals surface area contributed by atoms with E-state index in [2.05, 4.69) is 6.58 Å². The van der Waals surface area contributed by atoms with E-state index in [4.69, 9.17) is 4.74 Å². The van der Waals surface area contributed by atoms with Gasteiger partial charge in [-0.3, -0.25) is 0 Å². The number of ether oxygens (including phenoxy) is 1. The van der Waals surface area contributed by atoms with Crippen molar-refractivity contribution in [3.05, 3.63) is 12.3 Å². The van der Waals surface area contributed by atoms with Crippen LogP contribution in [0.2, 0.25) is 0 Å². The summed E-state index contributed by atoms with van der Waals surface area (Å²) in [5, 5.41) is 9.59. The highest BCUT2D eigenvalue weighted by atomic mass is 16.6. The van der Waals surface area contributed by atoms with Gasteiger partial charge in [0.25, 0.3) is 0 Å². The fourth-order valence-corrected chi connectivity index (χ4v) is 2.56. The first kappa shape index (κ1) is 12.3. The van der Waals surface area contributed by atoms with E-state index in [0.717, 1.165) is 12.8 Å². The molecule has 2 aliphatic rings. The zero-order chi connectivity index (χ0) is 12.8. The number of rotatable bonds is 1. The fraction of sp³-hybridized carbons (Fsp3) is 0.769. The molecule has 4 nitrogen and oxygen atoms in total. The van der Waals surface area contributed by atoms with Crippen LogP contribution in [0.4, 0.5) is 4.79 Å². The lowest BCUT2D eigenvalue weighted by molar-refractivity contribution is 0.0282. The largest absolute Gasteiger partial charge is 0.513 e. The van der Waals surface area contributed by atoms with E-state index in [-0.39, 0.29) is 23.2 Å². The van der Waals surface area contributed by atoms with Crippen molar-refractivity contribution in [3.8, 4) is 0 Å². The Morgan fingerprint density at radius 3 is 2.41 bits per heavy atom. The number of nitrogens with zero attached hydrogens (tertiary/aromatic N) is 1. The second-order valence-electron chi connectivity index (χ2n) is 6.27. The highest BCUT2D eigenvalue weighted by molar-refractivity contribution is 5.69. The van der Waals surface area contributed by atoms with Crippen LogP contribution < -0.4 is 0 Å². The molecule has 17 heavy (non-hydrogen) atoms. The molecule has 96 valence electrons. The fourth-order valence-electron chi connectivity index (χ4n) is 2.56. The standard InChI is InChI=1S/C13H21NO3/c1-9(15)10-7-14(8-13(10)5-6-13)11(16)17-12(2,3)4/h10,15H,1,5-8H2,2-4H3/t10-/m1/s1. The van der Waals surface area contributed by atoms with Crippen molar-refractivity contribution in [2.45, 2.75) is 39.2 Å². The Kier molecular flexibility index (Phi) is 2.64. The number of hydrogen-bond donors (Lipinski definition) is 1. The number of aliphatic hydroxyl groups is 1. The topological polar surface area (TPSA) is 49.8 Å². The Balaban J connectivity index is 2.01. The van der Waals surface area contributed by atoms with Gasteiger partial charge in [-0.05, 0) is 39.0 Å². The SMILES string of the molecule is C=C(O)[C@H]1CN(C(=O)OC(C)(C)C)CC12CC2. The Bertz CT molecular complexity index is 352. The first-order valence-corrected chi connectivity index (χ1v) is 6.09. The molecule has 1 N–H and O–H groups in total. The van der Waals surface area contributed by atoms with Gasteiger partial charge < -0.3 is 14.7 Å². The van der Waals surface area contributed by atoms with Crippen LogP contribution in [0.5, 0.6) is 0 Å². The van der Waals surface area contributed by atoms with Crippen LogP contribution in [0.15, 0.2) is 12.3 Å². The van der Waals surface area contributed by atoms with E-state index in [1.807, 2.05) is 20.8 Å². The van der Waals surface area contributed by atoms with Gasteiger partial charge in [0.1, 0.15) is 5.60 Å². The third-order valence-corrected chi connectivity index (χ3v) is 3.59. The van der Waals surface area contributed by atoms with Crippen molar-refractivity contribution in [1.29, 1.82) is 0 Å². The van der Waals surface area contributed by atoms with Gasteiger partial charge in [0, 0.05) is 19.0 Å². The average Bonchev–Trinajstić information content (AvgIpc) is 2.74. The van der Waals surface area contributed by atoms with Crippen molar-refractivity contribution in [1.82, 2.24) is 4.90 Å². The molecule has 0 aromatic carbocycles. The highest BCUT2D eigenvalue weighted by Crippen LogP contribution is 2.57. The molecule has 0 radical (unpaired) electrons. The highest BCUT2D eigenvalue weighted by Gasteiger charge is 2.57.